The van der Waals surface area contributed by atoms with Gasteiger partial charge in [-0.25, -0.2) is 0 Å². The first-order chi connectivity index (χ1) is 17.4. The molecule has 36 heavy (non-hydrogen) atoms. The molecular weight excluding hydrogens is 456 g/mol. The van der Waals surface area contributed by atoms with E-state index < -0.39 is 5.91 Å². The SMILES string of the molecule is COc1ccc(C(=O)N2CCN(CC(=O)c3cc(C(N)=O)c(C)n3CCc3ccccc3)CC2)cc1. The second-order valence-corrected chi connectivity index (χ2v) is 9.00. The average molecular weight is 489 g/mol. The maximum Gasteiger partial charge on any atom is 0.253 e. The molecule has 1 saturated heterocycles. The average Bonchev–Trinajstić information content (AvgIpc) is 3.24. The normalized spacial score (nSPS) is 14.0. The van der Waals surface area contributed by atoms with Crippen LogP contribution in [0.25, 0.3) is 0 Å². The number of piperazine rings is 1. The van der Waals surface area contributed by atoms with Gasteiger partial charge >= 0.3 is 0 Å². The lowest BCUT2D eigenvalue weighted by Gasteiger charge is -2.34. The Balaban J connectivity index is 1.40. The zero-order valence-electron chi connectivity index (χ0n) is 20.8. The van der Waals surface area contributed by atoms with Crippen LogP contribution >= 0.6 is 0 Å². The van der Waals surface area contributed by atoms with Crippen LogP contribution in [0, 0.1) is 6.92 Å². The topological polar surface area (TPSA) is 97.9 Å². The molecule has 0 aliphatic carbocycles. The van der Waals surface area contributed by atoms with Gasteiger partial charge in [-0.2, -0.15) is 0 Å². The number of aryl methyl sites for hydroxylation is 1. The Bertz CT molecular complexity index is 1230. The Morgan fingerprint density at radius 2 is 1.61 bits per heavy atom. The lowest BCUT2D eigenvalue weighted by Crippen LogP contribution is -2.50. The number of hydrogen-bond acceptors (Lipinski definition) is 5. The highest BCUT2D eigenvalue weighted by Gasteiger charge is 2.26. The largest absolute Gasteiger partial charge is 0.497 e. The molecule has 0 unspecified atom stereocenters. The molecule has 1 aliphatic heterocycles. The van der Waals surface area contributed by atoms with Gasteiger partial charge in [-0.05, 0) is 49.2 Å². The number of hydrogen-bond donors (Lipinski definition) is 1. The predicted octanol–water partition coefficient (Wildman–Crippen LogP) is 2.79. The number of amides is 2. The molecule has 1 aliphatic rings. The van der Waals surface area contributed by atoms with Gasteiger partial charge in [0.15, 0.2) is 5.78 Å². The summed E-state index contributed by atoms with van der Waals surface area (Å²) in [5.74, 6) is 0.0811. The van der Waals surface area contributed by atoms with Crippen LogP contribution < -0.4 is 10.5 Å². The molecule has 0 saturated carbocycles. The molecule has 2 amide bonds. The number of aromatic nitrogens is 1. The zero-order valence-corrected chi connectivity index (χ0v) is 20.8. The highest BCUT2D eigenvalue weighted by Crippen LogP contribution is 2.19. The van der Waals surface area contributed by atoms with Crippen LogP contribution in [0.3, 0.4) is 0 Å². The molecule has 8 nitrogen and oxygen atoms in total. The van der Waals surface area contributed by atoms with Crippen molar-refractivity contribution in [3.05, 3.63) is 88.7 Å². The minimum Gasteiger partial charge on any atom is -0.497 e. The Labute approximate surface area is 211 Å². The van der Waals surface area contributed by atoms with Gasteiger partial charge in [-0.3, -0.25) is 19.3 Å². The monoisotopic (exact) mass is 488 g/mol. The van der Waals surface area contributed by atoms with E-state index in [-0.39, 0.29) is 18.2 Å². The van der Waals surface area contributed by atoms with E-state index in [0.29, 0.717) is 61.0 Å². The fourth-order valence-corrected chi connectivity index (χ4v) is 4.61. The number of nitrogens with two attached hydrogens (primary N) is 1. The Hall–Kier alpha value is -3.91. The first-order valence-electron chi connectivity index (χ1n) is 12.1. The number of primary amides is 1. The van der Waals surface area contributed by atoms with Crippen LogP contribution in [0.2, 0.25) is 0 Å². The van der Waals surface area contributed by atoms with Crippen molar-refractivity contribution in [2.75, 3.05) is 39.8 Å². The number of ether oxygens (including phenoxy) is 1. The van der Waals surface area contributed by atoms with Gasteiger partial charge in [0.2, 0.25) is 0 Å². The third-order valence-corrected chi connectivity index (χ3v) is 6.75. The number of Topliss-reactive ketones (excluding diaryl/α,β-unsaturated/α-hetero) is 1. The molecule has 1 aromatic heterocycles. The van der Waals surface area contributed by atoms with Crippen LogP contribution in [0.15, 0.2) is 60.7 Å². The Morgan fingerprint density at radius 3 is 2.22 bits per heavy atom. The summed E-state index contributed by atoms with van der Waals surface area (Å²) >= 11 is 0. The van der Waals surface area contributed by atoms with Crippen molar-refractivity contribution < 1.29 is 19.1 Å². The molecule has 0 spiro atoms. The van der Waals surface area contributed by atoms with E-state index in [9.17, 15) is 14.4 Å². The fraction of sp³-hybridized carbons (Fsp3) is 0.321. The van der Waals surface area contributed by atoms with Gasteiger partial charge in [-0.1, -0.05) is 30.3 Å². The Kier molecular flexibility index (Phi) is 7.85. The number of ketones is 1. The molecule has 2 heterocycles. The number of rotatable bonds is 9. The molecule has 0 atom stereocenters. The molecule has 2 N–H and O–H groups in total. The summed E-state index contributed by atoms with van der Waals surface area (Å²) in [5.41, 5.74) is 8.93. The molecule has 8 heteroatoms. The van der Waals surface area contributed by atoms with Crippen molar-refractivity contribution in [1.82, 2.24) is 14.4 Å². The van der Waals surface area contributed by atoms with E-state index in [1.54, 1.807) is 42.3 Å². The van der Waals surface area contributed by atoms with Crippen molar-refractivity contribution in [3.8, 4) is 5.75 Å². The van der Waals surface area contributed by atoms with Crippen LogP contribution in [-0.4, -0.2) is 71.8 Å². The number of carbonyl (C=O) groups is 3. The summed E-state index contributed by atoms with van der Waals surface area (Å²) in [6.07, 6.45) is 0.737. The maximum absolute atomic E-state index is 13.3. The van der Waals surface area contributed by atoms with Crippen molar-refractivity contribution in [3.63, 3.8) is 0 Å². The fourth-order valence-electron chi connectivity index (χ4n) is 4.61. The first kappa shape index (κ1) is 25.2. The van der Waals surface area contributed by atoms with Gasteiger partial charge in [0, 0.05) is 44.0 Å². The molecule has 3 aromatic rings. The number of benzene rings is 2. The second-order valence-electron chi connectivity index (χ2n) is 9.00. The van der Waals surface area contributed by atoms with Crippen molar-refractivity contribution in [1.29, 1.82) is 0 Å². The summed E-state index contributed by atoms with van der Waals surface area (Å²) < 4.78 is 7.06. The first-order valence-corrected chi connectivity index (χ1v) is 12.1. The van der Waals surface area contributed by atoms with Crippen LogP contribution in [-0.2, 0) is 13.0 Å². The standard InChI is InChI=1S/C28H32N4O4/c1-20-24(27(29)34)18-25(32(20)13-12-21-6-4-3-5-7-21)26(33)19-30-14-16-31(17-15-30)28(35)22-8-10-23(36-2)11-9-22/h3-11,18H,12-17,19H2,1-2H3,(H2,29,34). The molecule has 188 valence electrons. The number of methoxy groups -OCH3 is 1. The van der Waals surface area contributed by atoms with E-state index in [1.807, 2.05) is 46.7 Å². The lowest BCUT2D eigenvalue weighted by atomic mass is 10.1. The zero-order chi connectivity index (χ0) is 25.7. The Morgan fingerprint density at radius 1 is 0.944 bits per heavy atom. The number of carbonyl (C=O) groups excluding carboxylic acids is 3. The summed E-state index contributed by atoms with van der Waals surface area (Å²) in [6.45, 7) is 4.90. The van der Waals surface area contributed by atoms with Crippen LogP contribution in [0.5, 0.6) is 5.75 Å². The molecule has 0 radical (unpaired) electrons. The van der Waals surface area contributed by atoms with Crippen molar-refractivity contribution in [2.24, 2.45) is 5.73 Å². The van der Waals surface area contributed by atoms with Gasteiger partial charge in [0.25, 0.3) is 11.8 Å². The quantitative estimate of drug-likeness (QED) is 0.467. The molecule has 0 bridgehead atoms. The minimum atomic E-state index is -0.536. The summed E-state index contributed by atoms with van der Waals surface area (Å²) in [6, 6.07) is 18.7. The van der Waals surface area contributed by atoms with Gasteiger partial charge in [0.1, 0.15) is 5.75 Å². The minimum absolute atomic E-state index is 0.0276. The molecule has 2 aromatic carbocycles. The van der Waals surface area contributed by atoms with Crippen LogP contribution in [0.4, 0.5) is 0 Å². The number of nitrogens with zero attached hydrogens (tertiary/aromatic N) is 3. The third kappa shape index (κ3) is 5.66. The molecular formula is C28H32N4O4. The van der Waals surface area contributed by atoms with E-state index in [0.717, 1.165) is 12.0 Å². The van der Waals surface area contributed by atoms with Crippen molar-refractivity contribution >= 4 is 17.6 Å². The smallest absolute Gasteiger partial charge is 0.253 e. The summed E-state index contributed by atoms with van der Waals surface area (Å²) in [7, 11) is 1.59. The summed E-state index contributed by atoms with van der Waals surface area (Å²) in [4.78, 5) is 42.0. The predicted molar refractivity (Wildman–Crippen MR) is 138 cm³/mol. The highest BCUT2D eigenvalue weighted by atomic mass is 16.5. The van der Waals surface area contributed by atoms with Gasteiger partial charge < -0.3 is 19.9 Å². The van der Waals surface area contributed by atoms with E-state index in [1.165, 1.54) is 0 Å². The van der Waals surface area contributed by atoms with E-state index in [4.69, 9.17) is 10.5 Å². The second kappa shape index (κ2) is 11.2. The maximum atomic E-state index is 13.3. The molecule has 4 rings (SSSR count). The van der Waals surface area contributed by atoms with Gasteiger partial charge in [0.05, 0.1) is 24.9 Å². The van der Waals surface area contributed by atoms with Gasteiger partial charge in [-0.15, -0.1) is 0 Å². The summed E-state index contributed by atoms with van der Waals surface area (Å²) in [5, 5.41) is 0. The van der Waals surface area contributed by atoms with Crippen molar-refractivity contribution in [2.45, 2.75) is 19.9 Å². The highest BCUT2D eigenvalue weighted by molar-refractivity contribution is 6.01. The van der Waals surface area contributed by atoms with E-state index >= 15 is 0 Å². The van der Waals surface area contributed by atoms with Crippen LogP contribution in [0.1, 0.15) is 42.5 Å². The molecule has 1 fully saturated rings. The lowest BCUT2D eigenvalue weighted by molar-refractivity contribution is 0.0623. The third-order valence-electron chi connectivity index (χ3n) is 6.75. The van der Waals surface area contributed by atoms with E-state index in [2.05, 4.69) is 0 Å².